The second kappa shape index (κ2) is 4.56. The zero-order valence-corrected chi connectivity index (χ0v) is 12.3. The van der Waals surface area contributed by atoms with Crippen molar-refractivity contribution in [1.29, 1.82) is 0 Å². The highest BCUT2D eigenvalue weighted by Crippen LogP contribution is 2.38. The van der Waals surface area contributed by atoms with Gasteiger partial charge in [0.15, 0.2) is 0 Å². The molecule has 74 valence electrons. The van der Waals surface area contributed by atoms with Gasteiger partial charge in [0.2, 0.25) is 0 Å². The van der Waals surface area contributed by atoms with E-state index in [9.17, 15) is 0 Å². The van der Waals surface area contributed by atoms with Crippen LogP contribution in [0.5, 0.6) is 0 Å². The fourth-order valence-electron chi connectivity index (χ4n) is 1.38. The van der Waals surface area contributed by atoms with Crippen molar-refractivity contribution in [2.75, 3.05) is 6.26 Å². The van der Waals surface area contributed by atoms with Crippen LogP contribution >= 0.6 is 55.0 Å². The lowest BCUT2D eigenvalue weighted by atomic mass is 10.2. The van der Waals surface area contributed by atoms with Gasteiger partial charge in [0, 0.05) is 24.8 Å². The lowest BCUT2D eigenvalue weighted by molar-refractivity contribution is 1.38. The number of alkyl halides is 1. The predicted octanol–water partition coefficient (Wildman–Crippen LogP) is 5.28. The predicted molar refractivity (Wildman–Crippen MR) is 73.9 cm³/mol. The van der Waals surface area contributed by atoms with Crippen LogP contribution in [0.15, 0.2) is 26.9 Å². The summed E-state index contributed by atoms with van der Waals surface area (Å²) >= 11 is 10.8. The summed E-state index contributed by atoms with van der Waals surface area (Å²) in [6, 6.07) is 4.44. The Labute approximate surface area is 108 Å². The van der Waals surface area contributed by atoms with E-state index in [4.69, 9.17) is 0 Å². The molecule has 0 fully saturated rings. The topological polar surface area (TPSA) is 0 Å². The molecule has 0 N–H and O–H groups in total. The lowest BCUT2D eigenvalue weighted by Crippen LogP contribution is -1.83. The molecular formula is C10H8Br2S2. The van der Waals surface area contributed by atoms with Crippen molar-refractivity contribution in [3.05, 3.63) is 27.5 Å². The van der Waals surface area contributed by atoms with E-state index in [0.717, 1.165) is 5.33 Å². The van der Waals surface area contributed by atoms with Crippen LogP contribution in [0.1, 0.15) is 5.56 Å². The molecule has 0 amide bonds. The Morgan fingerprint density at radius 1 is 1.50 bits per heavy atom. The largest absolute Gasteiger partial charge is 0.143 e. The van der Waals surface area contributed by atoms with Gasteiger partial charge in [-0.2, -0.15) is 0 Å². The normalized spacial score (nSPS) is 11.1. The van der Waals surface area contributed by atoms with Gasteiger partial charge in [-0.3, -0.25) is 0 Å². The summed E-state index contributed by atoms with van der Waals surface area (Å²) in [5, 5.41) is 4.40. The number of fused-ring (bicyclic) bond motifs is 1. The Bertz CT molecular complexity index is 462. The third-order valence-electron chi connectivity index (χ3n) is 2.08. The van der Waals surface area contributed by atoms with Crippen LogP contribution in [0, 0.1) is 0 Å². The van der Waals surface area contributed by atoms with Crippen LogP contribution in [0.2, 0.25) is 0 Å². The Hall–Kier alpha value is 0.490. The van der Waals surface area contributed by atoms with Gasteiger partial charge < -0.3 is 0 Å². The van der Waals surface area contributed by atoms with E-state index in [1.54, 1.807) is 23.1 Å². The molecule has 0 unspecified atom stereocenters. The van der Waals surface area contributed by atoms with Crippen molar-refractivity contribution < 1.29 is 0 Å². The van der Waals surface area contributed by atoms with Gasteiger partial charge in [-0.1, -0.05) is 15.9 Å². The highest BCUT2D eigenvalue weighted by Gasteiger charge is 2.09. The molecule has 4 heteroatoms. The van der Waals surface area contributed by atoms with E-state index in [2.05, 4.69) is 55.6 Å². The molecule has 0 aliphatic carbocycles. The molecule has 2 rings (SSSR count). The molecule has 14 heavy (non-hydrogen) atoms. The lowest BCUT2D eigenvalue weighted by Gasteiger charge is -2.06. The smallest absolute Gasteiger partial charge is 0.0499 e. The maximum absolute atomic E-state index is 3.66. The molecule has 1 heterocycles. The van der Waals surface area contributed by atoms with Crippen molar-refractivity contribution in [3.8, 4) is 0 Å². The van der Waals surface area contributed by atoms with Crippen LogP contribution in [0.4, 0.5) is 0 Å². The van der Waals surface area contributed by atoms with Gasteiger partial charge >= 0.3 is 0 Å². The molecule has 1 aromatic carbocycles. The van der Waals surface area contributed by atoms with Crippen LogP contribution in [0.3, 0.4) is 0 Å². The van der Waals surface area contributed by atoms with Crippen molar-refractivity contribution in [1.82, 2.24) is 0 Å². The maximum Gasteiger partial charge on any atom is 0.0499 e. The van der Waals surface area contributed by atoms with Crippen molar-refractivity contribution in [3.63, 3.8) is 0 Å². The Morgan fingerprint density at radius 2 is 2.29 bits per heavy atom. The van der Waals surface area contributed by atoms with E-state index in [1.165, 1.54) is 25.0 Å². The van der Waals surface area contributed by atoms with E-state index in [1.807, 2.05) is 0 Å². The molecule has 0 aliphatic heterocycles. The Balaban J connectivity index is 2.80. The molecule has 0 atom stereocenters. The van der Waals surface area contributed by atoms with E-state index in [0.29, 0.717) is 0 Å². The summed E-state index contributed by atoms with van der Waals surface area (Å²) in [5.74, 6) is 0. The number of benzene rings is 1. The maximum atomic E-state index is 3.66. The highest BCUT2D eigenvalue weighted by molar-refractivity contribution is 9.11. The summed E-state index contributed by atoms with van der Waals surface area (Å²) in [6.45, 7) is 0. The van der Waals surface area contributed by atoms with Crippen molar-refractivity contribution in [2.45, 2.75) is 10.2 Å². The average molecular weight is 352 g/mol. The fourth-order valence-corrected chi connectivity index (χ4v) is 4.55. The third-order valence-corrected chi connectivity index (χ3v) is 5.56. The SMILES string of the molecule is CSc1cc(CBr)c(Br)c2sccc12. The van der Waals surface area contributed by atoms with Crippen molar-refractivity contribution >= 4 is 65.0 Å². The van der Waals surface area contributed by atoms with Crippen LogP contribution in [-0.4, -0.2) is 6.26 Å². The van der Waals surface area contributed by atoms with Gasteiger partial charge in [-0.15, -0.1) is 23.1 Å². The molecule has 0 aliphatic rings. The van der Waals surface area contributed by atoms with Crippen molar-refractivity contribution in [2.24, 2.45) is 0 Å². The minimum Gasteiger partial charge on any atom is -0.143 e. The number of rotatable bonds is 2. The Morgan fingerprint density at radius 3 is 2.93 bits per heavy atom. The van der Waals surface area contributed by atoms with Gasteiger partial charge in [-0.05, 0) is 45.3 Å². The molecule has 0 saturated heterocycles. The quantitative estimate of drug-likeness (QED) is 0.523. The molecule has 0 nitrogen and oxygen atoms in total. The molecule has 0 radical (unpaired) electrons. The molecule has 0 spiro atoms. The highest BCUT2D eigenvalue weighted by atomic mass is 79.9. The molecule has 1 aromatic heterocycles. The van der Waals surface area contributed by atoms with Gasteiger partial charge in [0.25, 0.3) is 0 Å². The first-order valence-corrected chi connectivity index (χ1v) is 8.08. The zero-order valence-electron chi connectivity index (χ0n) is 7.51. The second-order valence-electron chi connectivity index (χ2n) is 2.85. The summed E-state index contributed by atoms with van der Waals surface area (Å²) < 4.78 is 2.59. The van der Waals surface area contributed by atoms with E-state index >= 15 is 0 Å². The standard InChI is InChI=1S/C10H8Br2S2/c1-13-8-4-6(5-11)9(12)10-7(8)2-3-14-10/h2-4H,5H2,1H3. The number of hydrogen-bond acceptors (Lipinski definition) is 2. The van der Waals surface area contributed by atoms with E-state index in [-0.39, 0.29) is 0 Å². The number of hydrogen-bond donors (Lipinski definition) is 0. The zero-order chi connectivity index (χ0) is 10.1. The van der Waals surface area contributed by atoms with Crippen LogP contribution in [0.25, 0.3) is 10.1 Å². The molecule has 2 aromatic rings. The molecular weight excluding hydrogens is 344 g/mol. The average Bonchev–Trinajstić information content (AvgIpc) is 2.68. The minimum atomic E-state index is 0.898. The van der Waals surface area contributed by atoms with Gasteiger partial charge in [-0.25, -0.2) is 0 Å². The first-order chi connectivity index (χ1) is 6.77. The monoisotopic (exact) mass is 350 g/mol. The number of thiophene rings is 1. The first kappa shape index (κ1) is 11.0. The minimum absolute atomic E-state index is 0.898. The number of thioether (sulfide) groups is 1. The fraction of sp³-hybridized carbons (Fsp3) is 0.200. The van der Waals surface area contributed by atoms with E-state index < -0.39 is 0 Å². The van der Waals surface area contributed by atoms with Gasteiger partial charge in [0.05, 0.1) is 0 Å². The molecule has 0 bridgehead atoms. The third kappa shape index (κ3) is 1.77. The molecule has 0 saturated carbocycles. The summed E-state index contributed by atoms with van der Waals surface area (Å²) in [4.78, 5) is 1.36. The summed E-state index contributed by atoms with van der Waals surface area (Å²) in [6.07, 6.45) is 2.12. The first-order valence-electron chi connectivity index (χ1n) is 4.06. The van der Waals surface area contributed by atoms with Crippen LogP contribution < -0.4 is 0 Å². The summed E-state index contributed by atoms with van der Waals surface area (Å²) in [5.41, 5.74) is 1.32. The second-order valence-corrected chi connectivity index (χ2v) is 5.97. The van der Waals surface area contributed by atoms with Gasteiger partial charge in [0.1, 0.15) is 0 Å². The van der Waals surface area contributed by atoms with Crippen LogP contribution in [-0.2, 0) is 5.33 Å². The summed E-state index contributed by atoms with van der Waals surface area (Å²) in [7, 11) is 0. The number of halogens is 2. The Kier molecular flexibility index (Phi) is 3.58.